The van der Waals surface area contributed by atoms with Crippen LogP contribution in [0.4, 0.5) is 0 Å². The maximum atomic E-state index is 10.7. The van der Waals surface area contributed by atoms with Gasteiger partial charge in [-0.25, -0.2) is 0 Å². The van der Waals surface area contributed by atoms with Gasteiger partial charge in [-0.05, 0) is 43.0 Å². The number of ether oxygens (including phenoxy) is 2. The number of rotatable bonds is 2. The van der Waals surface area contributed by atoms with Crippen LogP contribution in [0.5, 0.6) is 5.75 Å². The molecule has 0 amide bonds. The number of nitrogens with one attached hydrogen (secondary N) is 1. The molecule has 1 heterocycles. The quantitative estimate of drug-likeness (QED) is 0.863. The Labute approximate surface area is 120 Å². The van der Waals surface area contributed by atoms with Gasteiger partial charge in [-0.1, -0.05) is 6.07 Å². The molecule has 4 atom stereocenters. The van der Waals surface area contributed by atoms with E-state index < -0.39 is 6.10 Å². The molecule has 0 radical (unpaired) electrons. The van der Waals surface area contributed by atoms with Crippen LogP contribution >= 0.6 is 0 Å². The summed E-state index contributed by atoms with van der Waals surface area (Å²) >= 11 is 0. The van der Waals surface area contributed by atoms with Gasteiger partial charge in [-0.2, -0.15) is 0 Å². The Morgan fingerprint density at radius 3 is 2.95 bits per heavy atom. The molecule has 2 N–H and O–H groups in total. The topological polar surface area (TPSA) is 50.7 Å². The van der Waals surface area contributed by atoms with Gasteiger partial charge in [0.1, 0.15) is 5.75 Å². The van der Waals surface area contributed by atoms with E-state index in [4.69, 9.17) is 9.47 Å². The van der Waals surface area contributed by atoms with Gasteiger partial charge in [0.2, 0.25) is 0 Å². The molecule has 3 rings (SSSR count). The van der Waals surface area contributed by atoms with E-state index in [1.807, 2.05) is 12.1 Å². The largest absolute Gasteiger partial charge is 0.497 e. The first-order valence-corrected chi connectivity index (χ1v) is 7.37. The number of morpholine rings is 1. The summed E-state index contributed by atoms with van der Waals surface area (Å²) < 4.78 is 10.9. The van der Waals surface area contributed by atoms with Crippen LogP contribution in [-0.4, -0.2) is 37.5 Å². The first-order valence-electron chi connectivity index (χ1n) is 7.37. The summed E-state index contributed by atoms with van der Waals surface area (Å²) in [5.74, 6) is 1.02. The third-order valence-corrected chi connectivity index (χ3v) is 4.50. The fourth-order valence-electron chi connectivity index (χ4n) is 3.42. The van der Waals surface area contributed by atoms with Gasteiger partial charge in [0.15, 0.2) is 0 Å². The fourth-order valence-corrected chi connectivity index (χ4v) is 3.42. The maximum absolute atomic E-state index is 10.7. The van der Waals surface area contributed by atoms with Crippen LogP contribution in [0.15, 0.2) is 18.2 Å². The van der Waals surface area contributed by atoms with E-state index in [2.05, 4.69) is 18.3 Å². The number of hydrogen-bond acceptors (Lipinski definition) is 4. The molecule has 1 aromatic rings. The Morgan fingerprint density at radius 2 is 2.20 bits per heavy atom. The van der Waals surface area contributed by atoms with E-state index >= 15 is 0 Å². The highest BCUT2D eigenvalue weighted by Gasteiger charge is 2.36. The van der Waals surface area contributed by atoms with Crippen molar-refractivity contribution in [3.05, 3.63) is 29.3 Å². The standard InChI is InChI=1S/C16H23NO3/c1-10-8-20-9-15(17-10)13-6-4-11-3-5-12(19-2)7-14(11)16(13)18/h3,5,7,10,13,15-18H,4,6,8-9H2,1-2H3. The molecule has 4 nitrogen and oxygen atoms in total. The molecule has 2 aliphatic rings. The van der Waals surface area contributed by atoms with Gasteiger partial charge in [0, 0.05) is 18.0 Å². The van der Waals surface area contributed by atoms with Crippen molar-refractivity contribution in [3.63, 3.8) is 0 Å². The van der Waals surface area contributed by atoms with Crippen LogP contribution in [0.1, 0.15) is 30.6 Å². The van der Waals surface area contributed by atoms with E-state index in [0.29, 0.717) is 12.6 Å². The summed E-state index contributed by atoms with van der Waals surface area (Å²) in [4.78, 5) is 0. The molecule has 1 aromatic carbocycles. The van der Waals surface area contributed by atoms with Gasteiger partial charge >= 0.3 is 0 Å². The van der Waals surface area contributed by atoms with Crippen molar-refractivity contribution in [1.29, 1.82) is 0 Å². The maximum Gasteiger partial charge on any atom is 0.119 e. The minimum atomic E-state index is -0.444. The van der Waals surface area contributed by atoms with E-state index in [0.717, 1.165) is 30.8 Å². The van der Waals surface area contributed by atoms with Crippen LogP contribution in [0.25, 0.3) is 0 Å². The number of hydrogen-bond donors (Lipinski definition) is 2. The third-order valence-electron chi connectivity index (χ3n) is 4.50. The molecule has 0 bridgehead atoms. The van der Waals surface area contributed by atoms with E-state index in [1.165, 1.54) is 5.56 Å². The molecule has 1 saturated heterocycles. The van der Waals surface area contributed by atoms with Gasteiger partial charge in [-0.15, -0.1) is 0 Å². The lowest BCUT2D eigenvalue weighted by Gasteiger charge is -2.39. The van der Waals surface area contributed by atoms with Crippen LogP contribution in [0.3, 0.4) is 0 Å². The molecule has 4 unspecified atom stereocenters. The SMILES string of the molecule is COc1ccc2c(c1)C(O)C(C1COCC(C)N1)CC2. The summed E-state index contributed by atoms with van der Waals surface area (Å²) in [5.41, 5.74) is 2.25. The van der Waals surface area contributed by atoms with Crippen LogP contribution < -0.4 is 10.1 Å². The Kier molecular flexibility index (Phi) is 3.96. The zero-order valence-corrected chi connectivity index (χ0v) is 12.1. The van der Waals surface area contributed by atoms with Crippen molar-refractivity contribution in [2.24, 2.45) is 5.92 Å². The monoisotopic (exact) mass is 277 g/mol. The lowest BCUT2D eigenvalue weighted by molar-refractivity contribution is -0.00994. The average molecular weight is 277 g/mol. The molecule has 0 saturated carbocycles. The number of aliphatic hydroxyl groups is 1. The van der Waals surface area contributed by atoms with Crippen LogP contribution in [-0.2, 0) is 11.2 Å². The Bertz CT molecular complexity index is 477. The van der Waals surface area contributed by atoms with E-state index in [9.17, 15) is 5.11 Å². The number of fused-ring (bicyclic) bond motifs is 1. The normalized spacial score (nSPS) is 33.5. The summed E-state index contributed by atoms with van der Waals surface area (Å²) in [5, 5.41) is 14.3. The minimum absolute atomic E-state index is 0.206. The predicted octanol–water partition coefficient (Wildman–Crippen LogP) is 1.67. The second-order valence-corrected chi connectivity index (χ2v) is 5.92. The zero-order valence-electron chi connectivity index (χ0n) is 12.1. The van der Waals surface area contributed by atoms with Crippen molar-refractivity contribution in [2.45, 2.75) is 38.0 Å². The van der Waals surface area contributed by atoms with Gasteiger partial charge in [0.05, 0.1) is 26.4 Å². The van der Waals surface area contributed by atoms with E-state index in [1.54, 1.807) is 7.11 Å². The highest BCUT2D eigenvalue weighted by molar-refractivity contribution is 5.39. The summed E-state index contributed by atoms with van der Waals surface area (Å²) in [6.45, 7) is 3.56. The summed E-state index contributed by atoms with van der Waals surface area (Å²) in [6, 6.07) is 6.59. The molecule has 110 valence electrons. The highest BCUT2D eigenvalue weighted by atomic mass is 16.5. The Balaban J connectivity index is 1.82. The van der Waals surface area contributed by atoms with Crippen LogP contribution in [0, 0.1) is 5.92 Å². The number of benzene rings is 1. The van der Waals surface area contributed by atoms with Crippen molar-refractivity contribution < 1.29 is 14.6 Å². The van der Waals surface area contributed by atoms with Crippen molar-refractivity contribution in [3.8, 4) is 5.75 Å². The number of methoxy groups -OCH3 is 1. The smallest absolute Gasteiger partial charge is 0.119 e. The van der Waals surface area contributed by atoms with E-state index in [-0.39, 0.29) is 12.0 Å². The van der Waals surface area contributed by atoms with Gasteiger partial charge in [0.25, 0.3) is 0 Å². The van der Waals surface area contributed by atoms with Gasteiger partial charge in [-0.3, -0.25) is 0 Å². The molecular weight excluding hydrogens is 254 g/mol. The molecule has 4 heteroatoms. The molecule has 1 aliphatic carbocycles. The highest BCUT2D eigenvalue weighted by Crippen LogP contribution is 2.38. The molecule has 1 fully saturated rings. The molecule has 0 aromatic heterocycles. The molecule has 20 heavy (non-hydrogen) atoms. The average Bonchev–Trinajstić information content (AvgIpc) is 2.47. The summed E-state index contributed by atoms with van der Waals surface area (Å²) in [7, 11) is 1.66. The first kappa shape index (κ1) is 13.9. The minimum Gasteiger partial charge on any atom is -0.497 e. The third kappa shape index (κ3) is 2.55. The van der Waals surface area contributed by atoms with Crippen molar-refractivity contribution in [2.75, 3.05) is 20.3 Å². The van der Waals surface area contributed by atoms with Crippen molar-refractivity contribution in [1.82, 2.24) is 5.32 Å². The second-order valence-electron chi connectivity index (χ2n) is 5.92. The Hall–Kier alpha value is -1.10. The lowest BCUT2D eigenvalue weighted by Crippen LogP contribution is -2.52. The zero-order chi connectivity index (χ0) is 14.1. The van der Waals surface area contributed by atoms with Crippen LogP contribution in [0.2, 0.25) is 0 Å². The summed E-state index contributed by atoms with van der Waals surface area (Å²) in [6.07, 6.45) is 1.56. The van der Waals surface area contributed by atoms with Gasteiger partial charge < -0.3 is 19.9 Å². The molecule has 1 aliphatic heterocycles. The van der Waals surface area contributed by atoms with Crippen molar-refractivity contribution >= 4 is 0 Å². The molecule has 0 spiro atoms. The number of aryl methyl sites for hydroxylation is 1. The predicted molar refractivity (Wildman–Crippen MR) is 77.0 cm³/mol. The fraction of sp³-hybridized carbons (Fsp3) is 0.625. The second kappa shape index (κ2) is 5.72. The first-order chi connectivity index (χ1) is 9.69. The number of aliphatic hydroxyl groups excluding tert-OH is 1. The lowest BCUT2D eigenvalue weighted by atomic mass is 9.77. The molecular formula is C16H23NO3. The Morgan fingerprint density at radius 1 is 1.35 bits per heavy atom.